The quantitative estimate of drug-likeness (QED) is 0.456. The van der Waals surface area contributed by atoms with Crippen LogP contribution in [0.5, 0.6) is 0 Å². The molecule has 1 aromatic carbocycles. The lowest BCUT2D eigenvalue weighted by Gasteiger charge is -2.10. The summed E-state index contributed by atoms with van der Waals surface area (Å²) in [7, 11) is 1.31. The van der Waals surface area contributed by atoms with Crippen molar-refractivity contribution < 1.29 is 18.7 Å². The number of carbonyl (C=O) groups is 2. The van der Waals surface area contributed by atoms with Gasteiger partial charge in [0.2, 0.25) is 5.91 Å². The summed E-state index contributed by atoms with van der Waals surface area (Å²) < 4.78 is 19.9. The number of amides is 1. The van der Waals surface area contributed by atoms with Gasteiger partial charge >= 0.3 is 5.97 Å². The lowest BCUT2D eigenvalue weighted by Crippen LogP contribution is -2.16. The van der Waals surface area contributed by atoms with Crippen LogP contribution in [0.25, 0.3) is 16.8 Å². The highest BCUT2D eigenvalue weighted by atomic mass is 32.1. The number of fused-ring (bicyclic) bond motifs is 1. The second-order valence-electron chi connectivity index (χ2n) is 7.23. The smallest absolute Gasteiger partial charge is 0.341 e. The first-order chi connectivity index (χ1) is 14.9. The van der Waals surface area contributed by atoms with Crippen LogP contribution >= 0.6 is 11.3 Å². The summed E-state index contributed by atoms with van der Waals surface area (Å²) in [6.07, 6.45) is 2.89. The molecule has 0 bridgehead atoms. The first-order valence-corrected chi connectivity index (χ1v) is 10.4. The maximum atomic E-state index is 13.4. The number of imidazole rings is 1. The van der Waals surface area contributed by atoms with Gasteiger partial charge in [0.1, 0.15) is 22.0 Å². The Labute approximate surface area is 182 Å². The molecule has 3 heterocycles. The molecule has 1 N–H and O–H groups in total. The number of carbonyl (C=O) groups excluding carboxylic acids is 2. The molecular formula is C23H20FN3O3S. The molecular weight excluding hydrogens is 417 g/mol. The molecule has 0 atom stereocenters. The van der Waals surface area contributed by atoms with Crippen molar-refractivity contribution >= 4 is 33.9 Å². The maximum Gasteiger partial charge on any atom is 0.341 e. The first kappa shape index (κ1) is 20.7. The topological polar surface area (TPSA) is 72.7 Å². The van der Waals surface area contributed by atoms with E-state index in [4.69, 9.17) is 4.74 Å². The Bertz CT molecular complexity index is 1310. The van der Waals surface area contributed by atoms with Crippen LogP contribution in [0.3, 0.4) is 0 Å². The summed E-state index contributed by atoms with van der Waals surface area (Å²) in [5.41, 5.74) is 5.09. The molecule has 0 unspecified atom stereocenters. The van der Waals surface area contributed by atoms with Gasteiger partial charge < -0.3 is 14.5 Å². The number of benzene rings is 1. The number of methoxy groups -OCH3 is 1. The largest absolute Gasteiger partial charge is 0.465 e. The Morgan fingerprint density at radius 2 is 1.97 bits per heavy atom. The molecule has 0 saturated carbocycles. The average molecular weight is 437 g/mol. The molecule has 0 aliphatic rings. The number of aromatic nitrogens is 2. The third-order valence-electron chi connectivity index (χ3n) is 4.92. The van der Waals surface area contributed by atoms with Gasteiger partial charge in [0.05, 0.1) is 19.2 Å². The van der Waals surface area contributed by atoms with Gasteiger partial charge in [-0.2, -0.15) is 0 Å². The van der Waals surface area contributed by atoms with Crippen LogP contribution in [-0.2, 0) is 16.0 Å². The molecule has 0 saturated heterocycles. The normalized spacial score (nSPS) is 11.0. The molecule has 4 rings (SSSR count). The van der Waals surface area contributed by atoms with Crippen molar-refractivity contribution in [2.24, 2.45) is 0 Å². The highest BCUT2D eigenvalue weighted by Crippen LogP contribution is 2.38. The van der Waals surface area contributed by atoms with E-state index in [2.05, 4.69) is 10.3 Å². The SMILES string of the molecule is COC(=O)c1c(-c2cc(C)ccc2C)csc1NC(=O)Cc1cn2cc(F)ccc2n1. The number of rotatable bonds is 5. The fraction of sp³-hybridized carbons (Fsp3) is 0.174. The number of thiophene rings is 1. The van der Waals surface area contributed by atoms with Crippen molar-refractivity contribution in [3.8, 4) is 11.1 Å². The van der Waals surface area contributed by atoms with Crippen molar-refractivity contribution in [3.63, 3.8) is 0 Å². The molecule has 0 aliphatic carbocycles. The molecule has 1 amide bonds. The molecule has 3 aromatic heterocycles. The Hall–Kier alpha value is -3.52. The van der Waals surface area contributed by atoms with Gasteiger partial charge in [-0.1, -0.05) is 23.8 Å². The number of nitrogens with one attached hydrogen (secondary N) is 1. The number of aryl methyl sites for hydroxylation is 2. The van der Waals surface area contributed by atoms with E-state index in [1.807, 2.05) is 37.4 Å². The van der Waals surface area contributed by atoms with Gasteiger partial charge in [-0.05, 0) is 37.1 Å². The summed E-state index contributed by atoms with van der Waals surface area (Å²) in [4.78, 5) is 29.6. The van der Waals surface area contributed by atoms with E-state index in [9.17, 15) is 14.0 Å². The van der Waals surface area contributed by atoms with Crippen LogP contribution in [-0.4, -0.2) is 28.4 Å². The number of halogens is 1. The molecule has 0 aliphatic heterocycles. The summed E-state index contributed by atoms with van der Waals surface area (Å²) >= 11 is 1.27. The Kier molecular flexibility index (Phi) is 5.56. The molecule has 0 radical (unpaired) electrons. The molecule has 6 nitrogen and oxygen atoms in total. The second kappa shape index (κ2) is 8.31. The number of ether oxygens (including phenoxy) is 1. The maximum absolute atomic E-state index is 13.4. The van der Waals surface area contributed by atoms with Crippen LogP contribution in [0.15, 0.2) is 48.1 Å². The van der Waals surface area contributed by atoms with Crippen molar-refractivity contribution in [2.45, 2.75) is 20.3 Å². The lowest BCUT2D eigenvalue weighted by molar-refractivity contribution is -0.115. The van der Waals surface area contributed by atoms with Crippen molar-refractivity contribution in [2.75, 3.05) is 12.4 Å². The predicted octanol–water partition coefficient (Wildman–Crippen LogP) is 4.79. The van der Waals surface area contributed by atoms with Gasteiger partial charge in [0, 0.05) is 23.3 Å². The average Bonchev–Trinajstić information content (AvgIpc) is 3.32. The molecule has 31 heavy (non-hydrogen) atoms. The number of nitrogens with zero attached hydrogens (tertiary/aromatic N) is 2. The van der Waals surface area contributed by atoms with E-state index in [0.29, 0.717) is 21.9 Å². The van der Waals surface area contributed by atoms with Crippen molar-refractivity contribution in [1.82, 2.24) is 9.38 Å². The van der Waals surface area contributed by atoms with Crippen LogP contribution in [0, 0.1) is 19.7 Å². The van der Waals surface area contributed by atoms with Crippen molar-refractivity contribution in [3.05, 3.63) is 76.3 Å². The fourth-order valence-corrected chi connectivity index (χ4v) is 4.38. The first-order valence-electron chi connectivity index (χ1n) is 9.56. The van der Waals surface area contributed by atoms with Gasteiger partial charge in [0.25, 0.3) is 0 Å². The Balaban J connectivity index is 1.62. The minimum atomic E-state index is -0.518. The number of pyridine rings is 1. The third kappa shape index (κ3) is 4.20. The van der Waals surface area contributed by atoms with E-state index in [1.54, 1.807) is 12.3 Å². The van der Waals surface area contributed by atoms with Crippen LogP contribution < -0.4 is 5.32 Å². The molecule has 158 valence electrons. The monoisotopic (exact) mass is 437 g/mol. The molecule has 0 fully saturated rings. The van der Waals surface area contributed by atoms with Crippen LogP contribution in [0.1, 0.15) is 27.2 Å². The van der Waals surface area contributed by atoms with E-state index >= 15 is 0 Å². The van der Waals surface area contributed by atoms with E-state index in [1.165, 1.54) is 35.1 Å². The summed E-state index contributed by atoms with van der Waals surface area (Å²) in [5.74, 6) is -1.24. The van der Waals surface area contributed by atoms with Crippen molar-refractivity contribution in [1.29, 1.82) is 0 Å². The second-order valence-corrected chi connectivity index (χ2v) is 8.11. The molecule has 0 spiro atoms. The Morgan fingerprint density at radius 3 is 2.74 bits per heavy atom. The minimum absolute atomic E-state index is 0.0133. The lowest BCUT2D eigenvalue weighted by atomic mass is 9.97. The standard InChI is InChI=1S/C23H20FN3O3S/c1-13-4-5-14(2)17(8-13)18-12-31-22(21(18)23(29)30-3)26-20(28)9-16-11-27-10-15(24)6-7-19(27)25-16/h4-8,10-12H,9H2,1-3H3,(H,26,28). The number of anilines is 1. The van der Waals surface area contributed by atoms with Gasteiger partial charge in [-0.25, -0.2) is 14.2 Å². The van der Waals surface area contributed by atoms with Crippen LogP contribution in [0.2, 0.25) is 0 Å². The van der Waals surface area contributed by atoms with E-state index in [-0.39, 0.29) is 18.1 Å². The molecule has 4 aromatic rings. The summed E-state index contributed by atoms with van der Waals surface area (Å²) in [6.45, 7) is 3.95. The zero-order valence-corrected chi connectivity index (χ0v) is 18.0. The minimum Gasteiger partial charge on any atom is -0.465 e. The predicted molar refractivity (Wildman–Crippen MR) is 118 cm³/mol. The highest BCUT2D eigenvalue weighted by Gasteiger charge is 2.23. The fourth-order valence-electron chi connectivity index (χ4n) is 3.42. The van der Waals surface area contributed by atoms with Crippen LogP contribution in [0.4, 0.5) is 9.39 Å². The number of hydrogen-bond acceptors (Lipinski definition) is 5. The van der Waals surface area contributed by atoms with E-state index in [0.717, 1.165) is 22.3 Å². The molecule has 8 heteroatoms. The summed E-state index contributed by atoms with van der Waals surface area (Å²) in [6, 6.07) is 8.86. The van der Waals surface area contributed by atoms with Gasteiger partial charge in [0.15, 0.2) is 0 Å². The zero-order chi connectivity index (χ0) is 22.1. The van der Waals surface area contributed by atoms with E-state index < -0.39 is 5.97 Å². The zero-order valence-electron chi connectivity index (χ0n) is 17.2. The Morgan fingerprint density at radius 1 is 1.16 bits per heavy atom. The third-order valence-corrected chi connectivity index (χ3v) is 5.82. The highest BCUT2D eigenvalue weighted by molar-refractivity contribution is 7.15. The van der Waals surface area contributed by atoms with Gasteiger partial charge in [-0.3, -0.25) is 4.79 Å². The van der Waals surface area contributed by atoms with Gasteiger partial charge in [-0.15, -0.1) is 11.3 Å². The number of hydrogen-bond donors (Lipinski definition) is 1. The number of esters is 1. The summed E-state index contributed by atoms with van der Waals surface area (Å²) in [5, 5.41) is 5.07.